The first-order valence-electron chi connectivity index (χ1n) is 4.59. The predicted molar refractivity (Wildman–Crippen MR) is 54.2 cm³/mol. The van der Waals surface area contributed by atoms with Crippen molar-refractivity contribution in [2.45, 2.75) is 25.8 Å². The maximum atomic E-state index is 11.6. The molecule has 0 aliphatic carbocycles. The van der Waals surface area contributed by atoms with Gasteiger partial charge in [0, 0.05) is 13.1 Å². The number of nitrogens with one attached hydrogen (secondary N) is 2. The third-order valence-corrected chi connectivity index (χ3v) is 3.91. The van der Waals surface area contributed by atoms with Crippen molar-refractivity contribution in [3.05, 3.63) is 0 Å². The van der Waals surface area contributed by atoms with E-state index in [0.29, 0.717) is 19.5 Å². The van der Waals surface area contributed by atoms with Crippen LogP contribution in [0.1, 0.15) is 19.8 Å². The van der Waals surface area contributed by atoms with Gasteiger partial charge in [0.1, 0.15) is 5.84 Å². The fourth-order valence-corrected chi connectivity index (χ4v) is 3.06. The lowest BCUT2D eigenvalue weighted by atomic mass is 10.2. The number of amidine groups is 1. The molecule has 82 valence electrons. The Hall–Kier alpha value is -0.660. The minimum absolute atomic E-state index is 0.0796. The van der Waals surface area contributed by atoms with E-state index in [1.54, 1.807) is 6.92 Å². The van der Waals surface area contributed by atoms with Crippen molar-refractivity contribution in [3.63, 3.8) is 0 Å². The molecule has 0 spiro atoms. The van der Waals surface area contributed by atoms with Gasteiger partial charge in [0.25, 0.3) is 10.2 Å². The van der Waals surface area contributed by atoms with E-state index in [1.165, 1.54) is 4.31 Å². The van der Waals surface area contributed by atoms with E-state index < -0.39 is 16.3 Å². The van der Waals surface area contributed by atoms with Crippen LogP contribution < -0.4 is 10.5 Å². The molecule has 1 rings (SSSR count). The molecule has 0 radical (unpaired) electrons. The zero-order valence-corrected chi connectivity index (χ0v) is 8.97. The predicted octanol–water partition coefficient (Wildman–Crippen LogP) is -0.759. The van der Waals surface area contributed by atoms with Gasteiger partial charge in [-0.15, -0.1) is 0 Å². The first-order chi connectivity index (χ1) is 6.49. The lowest BCUT2D eigenvalue weighted by Gasteiger charge is -2.22. The van der Waals surface area contributed by atoms with Crippen LogP contribution in [0, 0.1) is 5.41 Å². The van der Waals surface area contributed by atoms with Crippen molar-refractivity contribution >= 4 is 16.0 Å². The summed E-state index contributed by atoms with van der Waals surface area (Å²) in [5.74, 6) is -0.0796. The number of hydrogen-bond donors (Lipinski definition) is 3. The molecule has 0 aromatic heterocycles. The summed E-state index contributed by atoms with van der Waals surface area (Å²) in [7, 11) is -3.44. The van der Waals surface area contributed by atoms with Gasteiger partial charge < -0.3 is 5.73 Å². The minimum atomic E-state index is -3.44. The average molecular weight is 220 g/mol. The van der Waals surface area contributed by atoms with E-state index in [1.807, 2.05) is 0 Å². The standard InChI is InChI=1S/C7H16N4O2S/c1-2-10-14(12,13)11-5-3-4-6(11)7(8)9/h6,10H,2-5H2,1H3,(H3,8,9). The summed E-state index contributed by atoms with van der Waals surface area (Å²) in [4.78, 5) is 0. The fraction of sp³-hybridized carbons (Fsp3) is 0.857. The third-order valence-electron chi connectivity index (χ3n) is 2.20. The van der Waals surface area contributed by atoms with Gasteiger partial charge in [0.15, 0.2) is 0 Å². The van der Waals surface area contributed by atoms with Gasteiger partial charge in [-0.05, 0) is 12.8 Å². The van der Waals surface area contributed by atoms with Crippen molar-refractivity contribution in [3.8, 4) is 0 Å². The second-order valence-electron chi connectivity index (χ2n) is 3.23. The molecule has 1 aliphatic heterocycles. The Balaban J connectivity index is 2.81. The Labute approximate surface area is 84.2 Å². The molecule has 1 heterocycles. The molecule has 1 saturated heterocycles. The zero-order chi connectivity index (χ0) is 10.8. The van der Waals surface area contributed by atoms with Crippen LogP contribution in [0.2, 0.25) is 0 Å². The smallest absolute Gasteiger partial charge is 0.280 e. The van der Waals surface area contributed by atoms with Crippen molar-refractivity contribution in [1.29, 1.82) is 5.41 Å². The zero-order valence-electron chi connectivity index (χ0n) is 8.16. The van der Waals surface area contributed by atoms with Crippen LogP contribution in [0.5, 0.6) is 0 Å². The maximum Gasteiger partial charge on any atom is 0.280 e. The maximum absolute atomic E-state index is 11.6. The van der Waals surface area contributed by atoms with Gasteiger partial charge >= 0.3 is 0 Å². The van der Waals surface area contributed by atoms with Crippen molar-refractivity contribution in [1.82, 2.24) is 9.03 Å². The van der Waals surface area contributed by atoms with E-state index in [2.05, 4.69) is 4.72 Å². The summed E-state index contributed by atoms with van der Waals surface area (Å²) >= 11 is 0. The molecule has 0 bridgehead atoms. The Bertz CT molecular complexity index is 314. The summed E-state index contributed by atoms with van der Waals surface area (Å²) < 4.78 is 26.9. The van der Waals surface area contributed by atoms with Gasteiger partial charge in [0.05, 0.1) is 6.04 Å². The fourth-order valence-electron chi connectivity index (χ4n) is 1.60. The van der Waals surface area contributed by atoms with E-state index in [0.717, 1.165) is 6.42 Å². The number of rotatable bonds is 4. The highest BCUT2D eigenvalue weighted by molar-refractivity contribution is 7.87. The Morgan fingerprint density at radius 3 is 2.86 bits per heavy atom. The summed E-state index contributed by atoms with van der Waals surface area (Å²) in [5.41, 5.74) is 5.33. The van der Waals surface area contributed by atoms with Crippen LogP contribution in [0.25, 0.3) is 0 Å². The van der Waals surface area contributed by atoms with E-state index in [-0.39, 0.29) is 5.84 Å². The monoisotopic (exact) mass is 220 g/mol. The van der Waals surface area contributed by atoms with Crippen LogP contribution in [0.15, 0.2) is 0 Å². The molecule has 0 saturated carbocycles. The average Bonchev–Trinajstić information content (AvgIpc) is 2.51. The third kappa shape index (κ3) is 2.23. The number of nitrogens with two attached hydrogens (primary N) is 1. The molecular formula is C7H16N4O2S. The van der Waals surface area contributed by atoms with Gasteiger partial charge in [-0.2, -0.15) is 12.7 Å². The second kappa shape index (κ2) is 4.24. The molecule has 0 amide bonds. The SMILES string of the molecule is CCNS(=O)(=O)N1CCCC1C(=N)N. The normalized spacial score (nSPS) is 23.9. The first kappa shape index (κ1) is 11.4. The van der Waals surface area contributed by atoms with Gasteiger partial charge in [-0.25, -0.2) is 4.72 Å². The van der Waals surface area contributed by atoms with Crippen LogP contribution in [-0.2, 0) is 10.2 Å². The largest absolute Gasteiger partial charge is 0.386 e. The number of nitrogens with zero attached hydrogens (tertiary/aromatic N) is 1. The Kier molecular flexibility index (Phi) is 3.46. The molecule has 1 unspecified atom stereocenters. The summed E-state index contributed by atoms with van der Waals surface area (Å²) in [6, 6.07) is -0.459. The lowest BCUT2D eigenvalue weighted by Crippen LogP contribution is -2.48. The first-order valence-corrected chi connectivity index (χ1v) is 6.03. The summed E-state index contributed by atoms with van der Waals surface area (Å²) in [6.45, 7) is 2.51. The topological polar surface area (TPSA) is 99.3 Å². The molecule has 0 aromatic rings. The molecular weight excluding hydrogens is 204 g/mol. The highest BCUT2D eigenvalue weighted by Crippen LogP contribution is 2.19. The molecule has 4 N–H and O–H groups in total. The highest BCUT2D eigenvalue weighted by atomic mass is 32.2. The molecule has 1 fully saturated rings. The Morgan fingerprint density at radius 2 is 2.36 bits per heavy atom. The van der Waals surface area contributed by atoms with Crippen molar-refractivity contribution in [2.24, 2.45) is 5.73 Å². The minimum Gasteiger partial charge on any atom is -0.386 e. The van der Waals surface area contributed by atoms with Gasteiger partial charge in [-0.1, -0.05) is 6.92 Å². The molecule has 1 aliphatic rings. The summed E-state index contributed by atoms with van der Waals surface area (Å²) in [5, 5.41) is 7.28. The lowest BCUT2D eigenvalue weighted by molar-refractivity contribution is 0.434. The van der Waals surface area contributed by atoms with Gasteiger partial charge in [0.2, 0.25) is 0 Å². The molecule has 1 atom stereocenters. The van der Waals surface area contributed by atoms with E-state index in [9.17, 15) is 8.42 Å². The van der Waals surface area contributed by atoms with Crippen LogP contribution in [0.4, 0.5) is 0 Å². The summed E-state index contributed by atoms with van der Waals surface area (Å²) in [6.07, 6.45) is 1.40. The molecule has 14 heavy (non-hydrogen) atoms. The van der Waals surface area contributed by atoms with E-state index >= 15 is 0 Å². The van der Waals surface area contributed by atoms with Crippen LogP contribution in [-0.4, -0.2) is 37.7 Å². The van der Waals surface area contributed by atoms with Crippen LogP contribution >= 0.6 is 0 Å². The molecule has 6 nitrogen and oxygen atoms in total. The molecule has 0 aromatic carbocycles. The number of hydrogen-bond acceptors (Lipinski definition) is 3. The van der Waals surface area contributed by atoms with Crippen molar-refractivity contribution < 1.29 is 8.42 Å². The van der Waals surface area contributed by atoms with Crippen LogP contribution in [0.3, 0.4) is 0 Å². The highest BCUT2D eigenvalue weighted by Gasteiger charge is 2.35. The van der Waals surface area contributed by atoms with E-state index in [4.69, 9.17) is 11.1 Å². The quantitative estimate of drug-likeness (QED) is 0.429. The van der Waals surface area contributed by atoms with Gasteiger partial charge in [-0.3, -0.25) is 5.41 Å². The van der Waals surface area contributed by atoms with Crippen molar-refractivity contribution in [2.75, 3.05) is 13.1 Å². The second-order valence-corrected chi connectivity index (χ2v) is 4.93. The molecule has 7 heteroatoms. The Morgan fingerprint density at radius 1 is 1.71 bits per heavy atom.